The van der Waals surface area contributed by atoms with Gasteiger partial charge >= 0.3 is 20.8 Å². The molecule has 2 rings (SSSR count). The quantitative estimate of drug-likeness (QED) is 0.125. The molecule has 38 heavy (non-hydrogen) atoms. The molecule has 226 valence electrons. The minimum Gasteiger partial charge on any atom is -0.394 e. The molecule has 0 aromatic rings. The lowest BCUT2D eigenvalue weighted by atomic mass is 9.97. The molecule has 0 bridgehead atoms. The lowest BCUT2D eigenvalue weighted by Crippen LogP contribution is -2.65. The van der Waals surface area contributed by atoms with Gasteiger partial charge in [0, 0.05) is 0 Å². The van der Waals surface area contributed by atoms with Crippen molar-refractivity contribution in [3.8, 4) is 0 Å². The van der Waals surface area contributed by atoms with Gasteiger partial charge in [0.15, 0.2) is 12.6 Å². The van der Waals surface area contributed by atoms with Gasteiger partial charge in [0.2, 0.25) is 0 Å². The summed E-state index contributed by atoms with van der Waals surface area (Å²) >= 11 is 0. The van der Waals surface area contributed by atoms with Crippen molar-refractivity contribution in [2.75, 3.05) is 13.2 Å². The molecule has 2 aliphatic heterocycles. The summed E-state index contributed by atoms with van der Waals surface area (Å²) in [6, 6.07) is 0. The second kappa shape index (κ2) is 14.4. The lowest BCUT2D eigenvalue weighted by molar-refractivity contribution is -0.361. The summed E-state index contributed by atoms with van der Waals surface area (Å²) in [4.78, 5) is 0. The monoisotopic (exact) mass is 598 g/mol. The topological polar surface area (TPSA) is 245 Å². The van der Waals surface area contributed by atoms with Crippen molar-refractivity contribution >= 4 is 20.8 Å². The Labute approximate surface area is 221 Å². The summed E-state index contributed by atoms with van der Waals surface area (Å²) in [5.74, 6) is 0.0499. The van der Waals surface area contributed by atoms with E-state index in [0.29, 0.717) is 0 Å². The molecule has 6 N–H and O–H groups in total. The van der Waals surface area contributed by atoms with Crippen LogP contribution >= 0.6 is 0 Å². The van der Waals surface area contributed by atoms with E-state index in [0.717, 1.165) is 25.7 Å². The molecule has 2 aliphatic rings. The highest BCUT2D eigenvalue weighted by Crippen LogP contribution is 2.33. The van der Waals surface area contributed by atoms with E-state index in [1.165, 1.54) is 6.92 Å². The van der Waals surface area contributed by atoms with Crippen LogP contribution in [-0.2, 0) is 48.1 Å². The van der Waals surface area contributed by atoms with Gasteiger partial charge in [0.05, 0.1) is 19.3 Å². The van der Waals surface area contributed by atoms with Crippen LogP contribution in [0, 0.1) is 5.92 Å². The maximum atomic E-state index is 11.6. The first-order valence-corrected chi connectivity index (χ1v) is 14.9. The Kier molecular flexibility index (Phi) is 12.7. The highest BCUT2D eigenvalue weighted by Gasteiger charge is 2.53. The van der Waals surface area contributed by atoms with Crippen LogP contribution in [0.2, 0.25) is 0 Å². The minimum absolute atomic E-state index is 0.0499. The van der Waals surface area contributed by atoms with Crippen LogP contribution in [-0.4, -0.2) is 121 Å². The maximum absolute atomic E-state index is 11.6. The molecule has 2 heterocycles. The van der Waals surface area contributed by atoms with Crippen molar-refractivity contribution in [1.82, 2.24) is 0 Å². The first-order chi connectivity index (χ1) is 17.6. The average Bonchev–Trinajstić information content (AvgIpc) is 2.80. The number of rotatable bonds is 14. The van der Waals surface area contributed by atoms with Crippen molar-refractivity contribution in [1.29, 1.82) is 0 Å². The molecule has 10 atom stereocenters. The summed E-state index contributed by atoms with van der Waals surface area (Å²) in [5.41, 5.74) is 0. The molecule has 16 nitrogen and oxygen atoms in total. The maximum Gasteiger partial charge on any atom is 0.397 e. The Morgan fingerprint density at radius 3 is 1.84 bits per heavy atom. The zero-order chi connectivity index (χ0) is 28.8. The molecule has 0 amide bonds. The van der Waals surface area contributed by atoms with E-state index < -0.39 is 88.8 Å². The third kappa shape index (κ3) is 9.51. The molecule has 0 radical (unpaired) electrons. The summed E-state index contributed by atoms with van der Waals surface area (Å²) < 4.78 is 95.5. The third-order valence-electron chi connectivity index (χ3n) is 6.23. The third-order valence-corrected chi connectivity index (χ3v) is 7.16. The van der Waals surface area contributed by atoms with Crippen LogP contribution in [0.1, 0.15) is 46.5 Å². The molecule has 2 fully saturated rings. The number of hydrogen-bond donors (Lipinski definition) is 6. The largest absolute Gasteiger partial charge is 0.397 e. The average molecular weight is 599 g/mol. The molecule has 18 heteroatoms. The fraction of sp³-hybridized carbons (Fsp3) is 1.00. The van der Waals surface area contributed by atoms with Gasteiger partial charge in [-0.1, -0.05) is 26.7 Å². The minimum atomic E-state index is -5.21. The van der Waals surface area contributed by atoms with Gasteiger partial charge in [-0.25, -0.2) is 8.37 Å². The molecule has 0 aromatic carbocycles. The van der Waals surface area contributed by atoms with E-state index >= 15 is 0 Å². The number of aliphatic hydroxyl groups is 4. The molecule has 0 unspecified atom stereocenters. The first-order valence-electron chi connectivity index (χ1n) is 12.2. The Bertz CT molecular complexity index is 923. The van der Waals surface area contributed by atoms with E-state index in [1.807, 2.05) is 13.8 Å². The van der Waals surface area contributed by atoms with Crippen molar-refractivity contribution in [3.63, 3.8) is 0 Å². The van der Waals surface area contributed by atoms with Gasteiger partial charge < -0.3 is 39.4 Å². The van der Waals surface area contributed by atoms with Crippen molar-refractivity contribution in [2.45, 2.75) is 108 Å². The number of hydrogen-bond acceptors (Lipinski definition) is 14. The van der Waals surface area contributed by atoms with E-state index in [2.05, 4.69) is 8.37 Å². The fourth-order valence-electron chi connectivity index (χ4n) is 4.45. The zero-order valence-electron chi connectivity index (χ0n) is 21.2. The Hall–Kier alpha value is -0.580. The summed E-state index contributed by atoms with van der Waals surface area (Å²) in [6.45, 7) is 4.49. The van der Waals surface area contributed by atoms with Crippen molar-refractivity contribution in [3.05, 3.63) is 0 Å². The van der Waals surface area contributed by atoms with Gasteiger partial charge in [-0.3, -0.25) is 9.11 Å². The van der Waals surface area contributed by atoms with Gasteiger partial charge in [-0.15, -0.1) is 0 Å². The van der Waals surface area contributed by atoms with Gasteiger partial charge in [-0.2, -0.15) is 16.8 Å². The number of ether oxygens (including phenoxy) is 4. The van der Waals surface area contributed by atoms with Gasteiger partial charge in [0.25, 0.3) is 0 Å². The normalized spacial score (nSPS) is 37.0. The van der Waals surface area contributed by atoms with E-state index in [-0.39, 0.29) is 12.5 Å². The second-order valence-corrected chi connectivity index (χ2v) is 11.4. The van der Waals surface area contributed by atoms with Crippen molar-refractivity contribution < 1.29 is 73.7 Å². The van der Waals surface area contributed by atoms with Crippen molar-refractivity contribution in [2.24, 2.45) is 5.92 Å². The van der Waals surface area contributed by atoms with Crippen LogP contribution in [0.5, 0.6) is 0 Å². The SMILES string of the molecule is CCCC(CCC)CO[C@@H]1O[C@H](CO)[C@H](O)[C@H](OS(=O)(=O)O)[C@H]1O[C@@H]1O[C@@H](C)[C@@H](O)[C@@H](OS(=O)(=O)O)[C@@H]1O. The van der Waals surface area contributed by atoms with Crippen LogP contribution in [0.15, 0.2) is 0 Å². The first kappa shape index (κ1) is 33.6. The van der Waals surface area contributed by atoms with Gasteiger partial charge in [-0.05, 0) is 25.7 Å². The number of aliphatic hydroxyl groups excluding tert-OH is 4. The van der Waals surface area contributed by atoms with Gasteiger partial charge in [0.1, 0.15) is 42.7 Å². The van der Waals surface area contributed by atoms with E-state index in [9.17, 15) is 41.8 Å². The predicted octanol–water partition coefficient (Wildman–Crippen LogP) is -1.47. The Morgan fingerprint density at radius 1 is 0.789 bits per heavy atom. The summed E-state index contributed by atoms with van der Waals surface area (Å²) in [5, 5.41) is 41.1. The van der Waals surface area contributed by atoms with Crippen LogP contribution in [0.4, 0.5) is 0 Å². The molecule has 2 saturated heterocycles. The smallest absolute Gasteiger partial charge is 0.394 e. The molecular weight excluding hydrogens is 560 g/mol. The predicted molar refractivity (Wildman–Crippen MR) is 125 cm³/mol. The fourth-order valence-corrected chi connectivity index (χ4v) is 5.46. The highest BCUT2D eigenvalue weighted by atomic mass is 32.3. The lowest BCUT2D eigenvalue weighted by Gasteiger charge is -2.46. The van der Waals surface area contributed by atoms with Crippen LogP contribution < -0.4 is 0 Å². The summed E-state index contributed by atoms with van der Waals surface area (Å²) in [6.07, 6.45) is -14.3. The second-order valence-electron chi connectivity index (χ2n) is 9.26. The molecule has 0 spiro atoms. The molecule has 0 aliphatic carbocycles. The summed E-state index contributed by atoms with van der Waals surface area (Å²) in [7, 11) is -10.4. The van der Waals surface area contributed by atoms with Crippen LogP contribution in [0.3, 0.4) is 0 Å². The Balaban J connectivity index is 2.40. The zero-order valence-corrected chi connectivity index (χ0v) is 22.8. The molecular formula is C20H38O16S2. The van der Waals surface area contributed by atoms with E-state index in [4.69, 9.17) is 23.5 Å². The Morgan fingerprint density at radius 2 is 1.34 bits per heavy atom. The standard InChI is InChI=1S/C20H38O16S2/c1-4-6-11(7-5-2)9-31-20-18(17(36-38(28,29)30)14(23)12(8-21)33-20)34-19-15(24)16(35-37(25,26)27)13(22)10(3)32-19/h10-24H,4-9H2,1-3H3,(H,25,26,27)(H,28,29,30)/t10-,12+,13+,14-,15-,16+,17-,18+,19-,20+/m0/s1. The van der Waals surface area contributed by atoms with E-state index in [1.54, 1.807) is 0 Å². The molecule has 0 aromatic heterocycles. The molecule has 0 saturated carbocycles. The van der Waals surface area contributed by atoms with Crippen LogP contribution in [0.25, 0.3) is 0 Å². The highest BCUT2D eigenvalue weighted by molar-refractivity contribution is 7.81.